The van der Waals surface area contributed by atoms with Gasteiger partial charge in [-0.3, -0.25) is 0 Å². The first-order chi connectivity index (χ1) is 9.83. The monoisotopic (exact) mass is 326 g/mol. The van der Waals surface area contributed by atoms with E-state index in [1.165, 1.54) is 12.8 Å². The van der Waals surface area contributed by atoms with Gasteiger partial charge in [-0.2, -0.15) is 0 Å². The lowest BCUT2D eigenvalue weighted by Gasteiger charge is -2.18. The zero-order chi connectivity index (χ0) is 15.6. The second-order valence-corrected chi connectivity index (χ2v) is 7.87. The van der Waals surface area contributed by atoms with Crippen molar-refractivity contribution in [2.45, 2.75) is 50.5 Å². The highest BCUT2D eigenvalue weighted by Gasteiger charge is 2.28. The van der Waals surface area contributed by atoms with Crippen LogP contribution in [0.25, 0.3) is 0 Å². The molecule has 2 rings (SSSR count). The standard InChI is InChI=1S/C15H22N2O2S2/c1-3-13(9-11-4-5-11)17-21(18,19)14-7-6-12(15(16)20)8-10(14)2/h6-8,11,13,17H,3-5,9H2,1-2H3,(H2,16,20). The highest BCUT2D eigenvalue weighted by Crippen LogP contribution is 2.34. The predicted molar refractivity (Wildman–Crippen MR) is 88.8 cm³/mol. The quantitative estimate of drug-likeness (QED) is 0.755. The second-order valence-electron chi connectivity index (χ2n) is 5.75. The van der Waals surface area contributed by atoms with Crippen LogP contribution >= 0.6 is 12.2 Å². The number of aryl methyl sites for hydroxylation is 1. The summed E-state index contributed by atoms with van der Waals surface area (Å²) >= 11 is 4.91. The van der Waals surface area contributed by atoms with E-state index < -0.39 is 10.0 Å². The van der Waals surface area contributed by atoms with Crippen molar-refractivity contribution in [3.05, 3.63) is 29.3 Å². The largest absolute Gasteiger partial charge is 0.389 e. The lowest BCUT2D eigenvalue weighted by molar-refractivity contribution is 0.495. The lowest BCUT2D eigenvalue weighted by Crippen LogP contribution is -2.35. The van der Waals surface area contributed by atoms with Gasteiger partial charge in [-0.25, -0.2) is 13.1 Å². The van der Waals surface area contributed by atoms with Gasteiger partial charge in [0, 0.05) is 11.6 Å². The molecule has 0 radical (unpaired) electrons. The average molecular weight is 326 g/mol. The second kappa shape index (κ2) is 6.42. The molecule has 0 bridgehead atoms. The van der Waals surface area contributed by atoms with Gasteiger partial charge in [0.25, 0.3) is 0 Å². The van der Waals surface area contributed by atoms with Gasteiger partial charge < -0.3 is 5.73 Å². The first-order valence-electron chi connectivity index (χ1n) is 7.26. The molecule has 1 fully saturated rings. The SMILES string of the molecule is CCC(CC1CC1)NS(=O)(=O)c1ccc(C(N)=S)cc1C. The minimum Gasteiger partial charge on any atom is -0.389 e. The van der Waals surface area contributed by atoms with Crippen LogP contribution in [0.3, 0.4) is 0 Å². The Morgan fingerprint density at radius 3 is 2.62 bits per heavy atom. The third-order valence-corrected chi connectivity index (χ3v) is 5.79. The van der Waals surface area contributed by atoms with E-state index in [0.29, 0.717) is 21.9 Å². The maximum Gasteiger partial charge on any atom is 0.241 e. The fourth-order valence-corrected chi connectivity index (χ4v) is 4.13. The van der Waals surface area contributed by atoms with Crippen molar-refractivity contribution in [3.63, 3.8) is 0 Å². The summed E-state index contributed by atoms with van der Waals surface area (Å²) in [7, 11) is -3.50. The molecule has 0 spiro atoms. The Hall–Kier alpha value is -0.980. The van der Waals surface area contributed by atoms with Gasteiger partial charge in [-0.15, -0.1) is 0 Å². The Bertz CT molecular complexity index is 637. The number of rotatable bonds is 7. The van der Waals surface area contributed by atoms with Crippen LogP contribution in [0.5, 0.6) is 0 Å². The molecule has 0 amide bonds. The summed E-state index contributed by atoms with van der Waals surface area (Å²) in [5, 5.41) is 0. The lowest BCUT2D eigenvalue weighted by atomic mass is 10.1. The van der Waals surface area contributed by atoms with Crippen molar-refractivity contribution in [3.8, 4) is 0 Å². The van der Waals surface area contributed by atoms with Crippen molar-refractivity contribution in [2.24, 2.45) is 11.7 Å². The molecular weight excluding hydrogens is 304 g/mol. The van der Waals surface area contributed by atoms with Gasteiger partial charge in [0.1, 0.15) is 4.99 Å². The summed E-state index contributed by atoms with van der Waals surface area (Å²) in [6.45, 7) is 3.77. The molecule has 21 heavy (non-hydrogen) atoms. The van der Waals surface area contributed by atoms with E-state index in [-0.39, 0.29) is 11.0 Å². The maximum atomic E-state index is 12.5. The normalized spacial score (nSPS) is 16.7. The minimum absolute atomic E-state index is 0.0113. The summed E-state index contributed by atoms with van der Waals surface area (Å²) in [5.41, 5.74) is 6.92. The Kier molecular flexibility index (Phi) is 5.01. The van der Waals surface area contributed by atoms with E-state index >= 15 is 0 Å². The van der Waals surface area contributed by atoms with E-state index in [9.17, 15) is 8.42 Å². The predicted octanol–water partition coefficient (Wildman–Crippen LogP) is 2.49. The molecule has 1 aliphatic rings. The fraction of sp³-hybridized carbons (Fsp3) is 0.533. The maximum absolute atomic E-state index is 12.5. The zero-order valence-corrected chi connectivity index (χ0v) is 14.1. The van der Waals surface area contributed by atoms with E-state index in [0.717, 1.165) is 12.8 Å². The van der Waals surface area contributed by atoms with Gasteiger partial charge >= 0.3 is 0 Å². The van der Waals surface area contributed by atoms with Crippen molar-refractivity contribution < 1.29 is 8.42 Å². The molecule has 1 atom stereocenters. The number of nitrogens with two attached hydrogens (primary N) is 1. The molecular formula is C15H22N2O2S2. The molecule has 0 aromatic heterocycles. The molecule has 0 heterocycles. The molecule has 6 heteroatoms. The number of thiocarbonyl (C=S) groups is 1. The summed E-state index contributed by atoms with van der Waals surface area (Å²) in [4.78, 5) is 0.576. The van der Waals surface area contributed by atoms with Crippen LogP contribution in [0.1, 0.15) is 43.7 Å². The highest BCUT2D eigenvalue weighted by atomic mass is 32.2. The van der Waals surface area contributed by atoms with Gasteiger partial charge in [0.2, 0.25) is 10.0 Å². The van der Waals surface area contributed by atoms with E-state index in [4.69, 9.17) is 18.0 Å². The Labute approximate surface area is 132 Å². The number of hydrogen-bond donors (Lipinski definition) is 2. The van der Waals surface area contributed by atoms with Gasteiger partial charge in [-0.1, -0.05) is 38.0 Å². The summed E-state index contributed by atoms with van der Waals surface area (Å²) in [6, 6.07) is 4.97. The third kappa shape index (κ3) is 4.25. The topological polar surface area (TPSA) is 72.2 Å². The van der Waals surface area contributed by atoms with E-state index in [1.54, 1.807) is 25.1 Å². The molecule has 0 saturated heterocycles. The van der Waals surface area contributed by atoms with E-state index in [2.05, 4.69) is 4.72 Å². The van der Waals surface area contributed by atoms with Crippen LogP contribution in [0.15, 0.2) is 23.1 Å². The fourth-order valence-electron chi connectivity index (χ4n) is 2.44. The van der Waals surface area contributed by atoms with Crippen molar-refractivity contribution in [2.75, 3.05) is 0 Å². The number of hydrogen-bond acceptors (Lipinski definition) is 3. The van der Waals surface area contributed by atoms with Crippen LogP contribution in [-0.2, 0) is 10.0 Å². The Morgan fingerprint density at radius 2 is 2.14 bits per heavy atom. The summed E-state index contributed by atoms with van der Waals surface area (Å²) in [5.74, 6) is 0.690. The molecule has 1 saturated carbocycles. The van der Waals surface area contributed by atoms with Gasteiger partial charge in [0.15, 0.2) is 0 Å². The van der Waals surface area contributed by atoms with Gasteiger partial charge in [0.05, 0.1) is 4.90 Å². The average Bonchev–Trinajstić information content (AvgIpc) is 3.21. The molecule has 1 aliphatic carbocycles. The molecule has 4 nitrogen and oxygen atoms in total. The van der Waals surface area contributed by atoms with Crippen molar-refractivity contribution >= 4 is 27.2 Å². The molecule has 116 valence electrons. The summed E-state index contributed by atoms with van der Waals surface area (Å²) < 4.78 is 27.9. The number of nitrogens with one attached hydrogen (secondary N) is 1. The van der Waals surface area contributed by atoms with Crippen molar-refractivity contribution in [1.29, 1.82) is 0 Å². The molecule has 0 aliphatic heterocycles. The number of benzene rings is 1. The molecule has 1 unspecified atom stereocenters. The van der Waals surface area contributed by atoms with Crippen LogP contribution in [0.2, 0.25) is 0 Å². The highest BCUT2D eigenvalue weighted by molar-refractivity contribution is 7.89. The molecule has 1 aromatic carbocycles. The summed E-state index contributed by atoms with van der Waals surface area (Å²) in [6.07, 6.45) is 4.18. The smallest absolute Gasteiger partial charge is 0.241 e. The minimum atomic E-state index is -3.50. The van der Waals surface area contributed by atoms with E-state index in [1.807, 2.05) is 6.92 Å². The Balaban J connectivity index is 2.19. The Morgan fingerprint density at radius 1 is 1.48 bits per heavy atom. The van der Waals surface area contributed by atoms with Crippen LogP contribution in [0, 0.1) is 12.8 Å². The first-order valence-corrected chi connectivity index (χ1v) is 9.15. The molecule has 3 N–H and O–H groups in total. The van der Waals surface area contributed by atoms with Crippen LogP contribution in [0.4, 0.5) is 0 Å². The molecule has 1 aromatic rings. The zero-order valence-electron chi connectivity index (χ0n) is 12.4. The van der Waals surface area contributed by atoms with Crippen LogP contribution in [-0.4, -0.2) is 19.4 Å². The first kappa shape index (κ1) is 16.4. The van der Waals surface area contributed by atoms with Crippen LogP contribution < -0.4 is 10.5 Å². The number of sulfonamides is 1. The van der Waals surface area contributed by atoms with Crippen molar-refractivity contribution in [1.82, 2.24) is 4.72 Å². The third-order valence-electron chi connectivity index (χ3n) is 3.88. The van der Waals surface area contributed by atoms with Gasteiger partial charge in [-0.05, 0) is 43.4 Å².